The Kier molecular flexibility index (Phi) is 4.51. The molecule has 1 aliphatic rings. The molecular formula is C15H20N2OS2. The van der Waals surface area contributed by atoms with E-state index in [0.717, 1.165) is 23.8 Å². The second kappa shape index (κ2) is 6.35. The molecule has 1 saturated heterocycles. The average Bonchev–Trinajstić information content (AvgIpc) is 3.09. The van der Waals surface area contributed by atoms with Gasteiger partial charge in [0.15, 0.2) is 0 Å². The number of thiazole rings is 1. The fourth-order valence-corrected chi connectivity index (χ4v) is 4.55. The molecule has 2 atom stereocenters. The zero-order chi connectivity index (χ0) is 13.9. The number of aliphatic hydroxyl groups excluding tert-OH is 1. The van der Waals surface area contributed by atoms with Crippen molar-refractivity contribution in [1.82, 2.24) is 9.88 Å². The van der Waals surface area contributed by atoms with Gasteiger partial charge in [0.1, 0.15) is 5.01 Å². The van der Waals surface area contributed by atoms with Crippen LogP contribution in [0.5, 0.6) is 0 Å². The molecule has 20 heavy (non-hydrogen) atoms. The van der Waals surface area contributed by atoms with Crippen LogP contribution in [-0.2, 0) is 6.54 Å². The van der Waals surface area contributed by atoms with Crippen LogP contribution in [0.2, 0.25) is 0 Å². The number of aliphatic hydroxyl groups is 1. The topological polar surface area (TPSA) is 36.4 Å². The van der Waals surface area contributed by atoms with Crippen LogP contribution in [0, 0.1) is 5.92 Å². The molecule has 0 bridgehead atoms. The van der Waals surface area contributed by atoms with Crippen LogP contribution in [0.3, 0.4) is 0 Å². The molecule has 1 aliphatic heterocycles. The SMILES string of the molecule is CC1CCCN(Cc2csc(-c3cccs3)n2)C1CO. The first-order valence-corrected chi connectivity index (χ1v) is 8.87. The van der Waals surface area contributed by atoms with Crippen molar-refractivity contribution in [2.24, 2.45) is 5.92 Å². The maximum absolute atomic E-state index is 9.61. The van der Waals surface area contributed by atoms with Gasteiger partial charge < -0.3 is 5.11 Å². The number of hydrogen-bond donors (Lipinski definition) is 1. The van der Waals surface area contributed by atoms with Crippen molar-refractivity contribution >= 4 is 22.7 Å². The standard InChI is InChI=1S/C15H20N2OS2/c1-11-4-2-6-17(13(11)9-18)8-12-10-20-15(16-12)14-5-3-7-19-14/h3,5,7,10-11,13,18H,2,4,6,8-9H2,1H3. The van der Waals surface area contributed by atoms with Gasteiger partial charge in [0.05, 0.1) is 17.2 Å². The first kappa shape index (κ1) is 14.2. The first-order chi connectivity index (χ1) is 9.78. The number of piperidine rings is 1. The van der Waals surface area contributed by atoms with Gasteiger partial charge in [-0.1, -0.05) is 13.0 Å². The summed E-state index contributed by atoms with van der Waals surface area (Å²) in [6, 6.07) is 4.47. The van der Waals surface area contributed by atoms with Gasteiger partial charge in [-0.3, -0.25) is 4.90 Å². The molecule has 5 heteroatoms. The van der Waals surface area contributed by atoms with E-state index in [-0.39, 0.29) is 12.6 Å². The summed E-state index contributed by atoms with van der Waals surface area (Å²) in [4.78, 5) is 8.38. The zero-order valence-electron chi connectivity index (χ0n) is 11.7. The Balaban J connectivity index is 1.71. The normalized spacial score (nSPS) is 24.1. The van der Waals surface area contributed by atoms with E-state index >= 15 is 0 Å². The van der Waals surface area contributed by atoms with Crippen molar-refractivity contribution in [3.05, 3.63) is 28.6 Å². The van der Waals surface area contributed by atoms with E-state index in [1.165, 1.54) is 17.7 Å². The summed E-state index contributed by atoms with van der Waals surface area (Å²) in [5, 5.41) is 15.0. The predicted molar refractivity (Wildman–Crippen MR) is 85.1 cm³/mol. The predicted octanol–water partition coefficient (Wildman–Crippen LogP) is 3.46. The summed E-state index contributed by atoms with van der Waals surface area (Å²) < 4.78 is 0. The second-order valence-corrected chi connectivity index (χ2v) is 7.27. The summed E-state index contributed by atoms with van der Waals surface area (Å²) in [6.07, 6.45) is 2.44. The molecule has 3 rings (SSSR count). The van der Waals surface area contributed by atoms with Crippen LogP contribution in [-0.4, -0.2) is 34.2 Å². The Hall–Kier alpha value is -0.750. The van der Waals surface area contributed by atoms with Crippen molar-refractivity contribution in [3.63, 3.8) is 0 Å². The van der Waals surface area contributed by atoms with Crippen LogP contribution < -0.4 is 0 Å². The maximum atomic E-state index is 9.61. The Labute approximate surface area is 127 Å². The second-order valence-electron chi connectivity index (χ2n) is 5.46. The number of thiophene rings is 1. The van der Waals surface area contributed by atoms with Gasteiger partial charge in [-0.05, 0) is 36.8 Å². The van der Waals surface area contributed by atoms with Gasteiger partial charge in [-0.15, -0.1) is 22.7 Å². The van der Waals surface area contributed by atoms with Crippen LogP contribution in [0.1, 0.15) is 25.5 Å². The smallest absolute Gasteiger partial charge is 0.133 e. The third-order valence-electron chi connectivity index (χ3n) is 4.07. The molecule has 0 spiro atoms. The number of aromatic nitrogens is 1. The lowest BCUT2D eigenvalue weighted by molar-refractivity contribution is 0.0465. The van der Waals surface area contributed by atoms with E-state index in [4.69, 9.17) is 4.98 Å². The molecule has 0 aliphatic carbocycles. The lowest BCUT2D eigenvalue weighted by atomic mass is 9.91. The number of rotatable bonds is 4. The fraction of sp³-hybridized carbons (Fsp3) is 0.533. The minimum atomic E-state index is 0.253. The maximum Gasteiger partial charge on any atom is 0.133 e. The molecule has 108 valence electrons. The van der Waals surface area contributed by atoms with Gasteiger partial charge in [-0.2, -0.15) is 0 Å². The van der Waals surface area contributed by atoms with Crippen molar-refractivity contribution in [2.45, 2.75) is 32.4 Å². The molecule has 3 nitrogen and oxygen atoms in total. The zero-order valence-corrected chi connectivity index (χ0v) is 13.3. The highest BCUT2D eigenvalue weighted by atomic mass is 32.1. The van der Waals surface area contributed by atoms with Crippen LogP contribution >= 0.6 is 22.7 Å². The van der Waals surface area contributed by atoms with Gasteiger partial charge >= 0.3 is 0 Å². The highest BCUT2D eigenvalue weighted by molar-refractivity contribution is 7.20. The molecule has 0 aromatic carbocycles. The lowest BCUT2D eigenvalue weighted by Crippen LogP contribution is -2.46. The van der Waals surface area contributed by atoms with Gasteiger partial charge in [0.25, 0.3) is 0 Å². The highest BCUT2D eigenvalue weighted by Gasteiger charge is 2.28. The van der Waals surface area contributed by atoms with Crippen LogP contribution in [0.15, 0.2) is 22.9 Å². The molecule has 1 N–H and O–H groups in total. The van der Waals surface area contributed by atoms with E-state index in [1.807, 2.05) is 0 Å². The van der Waals surface area contributed by atoms with Crippen LogP contribution in [0.4, 0.5) is 0 Å². The molecule has 2 unspecified atom stereocenters. The molecule has 2 aromatic heterocycles. The van der Waals surface area contributed by atoms with E-state index in [9.17, 15) is 5.11 Å². The van der Waals surface area contributed by atoms with Crippen molar-refractivity contribution in [2.75, 3.05) is 13.2 Å². The monoisotopic (exact) mass is 308 g/mol. The van der Waals surface area contributed by atoms with Crippen molar-refractivity contribution in [1.29, 1.82) is 0 Å². The number of nitrogens with zero attached hydrogens (tertiary/aromatic N) is 2. The number of hydrogen-bond acceptors (Lipinski definition) is 5. The van der Waals surface area contributed by atoms with Gasteiger partial charge in [0.2, 0.25) is 0 Å². The summed E-state index contributed by atoms with van der Waals surface area (Å²) >= 11 is 3.45. The third kappa shape index (κ3) is 2.96. The van der Waals surface area contributed by atoms with E-state index in [1.54, 1.807) is 22.7 Å². The highest BCUT2D eigenvalue weighted by Crippen LogP contribution is 2.29. The molecule has 3 heterocycles. The summed E-state index contributed by atoms with van der Waals surface area (Å²) in [7, 11) is 0. The van der Waals surface area contributed by atoms with E-state index in [2.05, 4.69) is 34.7 Å². The van der Waals surface area contributed by atoms with Gasteiger partial charge in [-0.25, -0.2) is 4.98 Å². The minimum Gasteiger partial charge on any atom is -0.395 e. The molecular weight excluding hydrogens is 288 g/mol. The molecule has 0 amide bonds. The molecule has 1 fully saturated rings. The Morgan fingerprint density at radius 2 is 2.35 bits per heavy atom. The van der Waals surface area contributed by atoms with Crippen LogP contribution in [0.25, 0.3) is 9.88 Å². The Morgan fingerprint density at radius 1 is 1.45 bits per heavy atom. The molecule has 2 aromatic rings. The Bertz CT molecular complexity index is 538. The van der Waals surface area contributed by atoms with E-state index in [0.29, 0.717) is 5.92 Å². The quantitative estimate of drug-likeness (QED) is 0.939. The minimum absolute atomic E-state index is 0.253. The molecule has 0 saturated carbocycles. The first-order valence-electron chi connectivity index (χ1n) is 7.11. The fourth-order valence-electron chi connectivity index (χ4n) is 2.93. The van der Waals surface area contributed by atoms with Crippen molar-refractivity contribution in [3.8, 4) is 9.88 Å². The summed E-state index contributed by atoms with van der Waals surface area (Å²) in [6.45, 7) is 4.42. The number of likely N-dealkylation sites (tertiary alicyclic amines) is 1. The lowest BCUT2D eigenvalue weighted by Gasteiger charge is -2.38. The average molecular weight is 308 g/mol. The van der Waals surface area contributed by atoms with E-state index < -0.39 is 0 Å². The summed E-state index contributed by atoms with van der Waals surface area (Å²) in [5.74, 6) is 0.573. The third-order valence-corrected chi connectivity index (χ3v) is 6.00. The van der Waals surface area contributed by atoms with Crippen molar-refractivity contribution < 1.29 is 5.11 Å². The summed E-state index contributed by atoms with van der Waals surface area (Å²) in [5.41, 5.74) is 1.13. The Morgan fingerprint density at radius 3 is 3.10 bits per heavy atom. The molecule has 0 radical (unpaired) electrons. The van der Waals surface area contributed by atoms with Gasteiger partial charge in [0, 0.05) is 18.0 Å². The largest absolute Gasteiger partial charge is 0.395 e.